The Bertz CT molecular complexity index is 322. The smallest absolute Gasteiger partial charge is 0.122 e. The lowest BCUT2D eigenvalue weighted by Gasteiger charge is -2.21. The van der Waals surface area contributed by atoms with Gasteiger partial charge in [0.15, 0.2) is 0 Å². The lowest BCUT2D eigenvalue weighted by atomic mass is 9.87. The predicted molar refractivity (Wildman–Crippen MR) is 57.5 cm³/mol. The summed E-state index contributed by atoms with van der Waals surface area (Å²) in [5.74, 6) is 1.87. The number of benzene rings is 1. The van der Waals surface area contributed by atoms with Crippen LogP contribution in [0.3, 0.4) is 0 Å². The van der Waals surface area contributed by atoms with E-state index in [0.717, 1.165) is 12.4 Å². The van der Waals surface area contributed by atoms with E-state index in [2.05, 4.69) is 19.9 Å². The molecule has 2 nitrogen and oxygen atoms in total. The molecule has 0 fully saturated rings. The maximum absolute atomic E-state index is 6.16. The summed E-state index contributed by atoms with van der Waals surface area (Å²) in [4.78, 5) is 0. The molecule has 1 aromatic carbocycles. The Morgan fingerprint density at radius 2 is 2.07 bits per heavy atom. The SMILES string of the molecule is CC(C)C(N)C1COc2ccccc21. The van der Waals surface area contributed by atoms with Crippen molar-refractivity contribution in [3.63, 3.8) is 0 Å². The van der Waals surface area contributed by atoms with Crippen LogP contribution in [0.15, 0.2) is 24.3 Å². The molecule has 1 heterocycles. The van der Waals surface area contributed by atoms with Gasteiger partial charge in [-0.25, -0.2) is 0 Å². The average molecular weight is 191 g/mol. The monoisotopic (exact) mass is 191 g/mol. The number of rotatable bonds is 2. The van der Waals surface area contributed by atoms with Crippen molar-refractivity contribution in [2.24, 2.45) is 11.7 Å². The Kier molecular flexibility index (Phi) is 2.46. The molecule has 2 rings (SSSR count). The number of hydrogen-bond donors (Lipinski definition) is 1. The first kappa shape index (κ1) is 9.53. The third kappa shape index (κ3) is 1.50. The first-order valence-electron chi connectivity index (χ1n) is 5.17. The van der Waals surface area contributed by atoms with Crippen LogP contribution >= 0.6 is 0 Å². The molecular formula is C12H17NO. The fourth-order valence-electron chi connectivity index (χ4n) is 1.97. The minimum Gasteiger partial charge on any atom is -0.493 e. The zero-order chi connectivity index (χ0) is 10.1. The maximum atomic E-state index is 6.16. The summed E-state index contributed by atoms with van der Waals surface area (Å²) in [5.41, 5.74) is 7.43. The molecule has 76 valence electrons. The number of hydrogen-bond acceptors (Lipinski definition) is 2. The normalized spacial score (nSPS) is 21.9. The third-order valence-corrected chi connectivity index (χ3v) is 2.97. The molecular weight excluding hydrogens is 174 g/mol. The predicted octanol–water partition coefficient (Wildman–Crippen LogP) is 2.15. The van der Waals surface area contributed by atoms with E-state index < -0.39 is 0 Å². The first-order chi connectivity index (χ1) is 6.70. The lowest BCUT2D eigenvalue weighted by molar-refractivity contribution is 0.294. The molecule has 0 saturated heterocycles. The summed E-state index contributed by atoms with van der Waals surface area (Å²) >= 11 is 0. The highest BCUT2D eigenvalue weighted by atomic mass is 16.5. The van der Waals surface area contributed by atoms with Gasteiger partial charge in [-0.15, -0.1) is 0 Å². The van der Waals surface area contributed by atoms with Crippen molar-refractivity contribution in [2.45, 2.75) is 25.8 Å². The van der Waals surface area contributed by atoms with E-state index in [1.54, 1.807) is 0 Å². The Morgan fingerprint density at radius 3 is 2.79 bits per heavy atom. The molecule has 0 saturated carbocycles. The van der Waals surface area contributed by atoms with E-state index in [0.29, 0.717) is 11.8 Å². The van der Waals surface area contributed by atoms with Crippen LogP contribution in [0.5, 0.6) is 5.75 Å². The molecule has 0 amide bonds. The highest BCUT2D eigenvalue weighted by Gasteiger charge is 2.30. The van der Waals surface area contributed by atoms with Crippen molar-refractivity contribution in [2.75, 3.05) is 6.61 Å². The van der Waals surface area contributed by atoms with Crippen LogP contribution in [0, 0.1) is 5.92 Å². The third-order valence-electron chi connectivity index (χ3n) is 2.97. The second kappa shape index (κ2) is 3.62. The van der Waals surface area contributed by atoms with E-state index in [1.165, 1.54) is 5.56 Å². The first-order valence-corrected chi connectivity index (χ1v) is 5.17. The summed E-state index contributed by atoms with van der Waals surface area (Å²) in [6.07, 6.45) is 0. The van der Waals surface area contributed by atoms with Gasteiger partial charge in [-0.2, -0.15) is 0 Å². The van der Waals surface area contributed by atoms with Gasteiger partial charge in [0.05, 0.1) is 6.61 Å². The van der Waals surface area contributed by atoms with Crippen molar-refractivity contribution < 1.29 is 4.74 Å². The topological polar surface area (TPSA) is 35.2 Å². The van der Waals surface area contributed by atoms with Crippen molar-refractivity contribution in [1.29, 1.82) is 0 Å². The van der Waals surface area contributed by atoms with Crippen LogP contribution in [-0.2, 0) is 0 Å². The molecule has 0 aliphatic carbocycles. The summed E-state index contributed by atoms with van der Waals surface area (Å²) < 4.78 is 5.60. The van der Waals surface area contributed by atoms with Gasteiger partial charge < -0.3 is 10.5 Å². The fraction of sp³-hybridized carbons (Fsp3) is 0.500. The maximum Gasteiger partial charge on any atom is 0.122 e. The molecule has 2 unspecified atom stereocenters. The van der Waals surface area contributed by atoms with E-state index in [-0.39, 0.29) is 6.04 Å². The van der Waals surface area contributed by atoms with Crippen LogP contribution in [0.4, 0.5) is 0 Å². The van der Waals surface area contributed by atoms with Crippen LogP contribution < -0.4 is 10.5 Å². The van der Waals surface area contributed by atoms with Gasteiger partial charge in [0.2, 0.25) is 0 Å². The van der Waals surface area contributed by atoms with Gasteiger partial charge in [0.1, 0.15) is 5.75 Å². The Hall–Kier alpha value is -1.02. The van der Waals surface area contributed by atoms with Gasteiger partial charge in [-0.05, 0) is 12.0 Å². The van der Waals surface area contributed by atoms with Gasteiger partial charge in [0.25, 0.3) is 0 Å². The standard InChI is InChI=1S/C12H17NO/c1-8(2)12(13)10-7-14-11-6-4-3-5-9(10)11/h3-6,8,10,12H,7,13H2,1-2H3. The molecule has 2 N–H and O–H groups in total. The summed E-state index contributed by atoms with van der Waals surface area (Å²) in [6, 6.07) is 8.38. The molecule has 14 heavy (non-hydrogen) atoms. The zero-order valence-electron chi connectivity index (χ0n) is 8.73. The highest BCUT2D eigenvalue weighted by molar-refractivity contribution is 5.40. The van der Waals surface area contributed by atoms with Gasteiger partial charge in [-0.1, -0.05) is 32.0 Å². The largest absolute Gasteiger partial charge is 0.493 e. The molecule has 1 aliphatic heterocycles. The number of nitrogens with two attached hydrogens (primary N) is 1. The summed E-state index contributed by atoms with van der Waals surface area (Å²) in [7, 11) is 0. The van der Waals surface area contributed by atoms with Crippen molar-refractivity contribution in [3.8, 4) is 5.75 Å². The Balaban J connectivity index is 2.26. The number of para-hydroxylation sites is 1. The van der Waals surface area contributed by atoms with Crippen molar-refractivity contribution in [1.82, 2.24) is 0 Å². The minimum absolute atomic E-state index is 0.193. The minimum atomic E-state index is 0.193. The Labute approximate surface area is 85.1 Å². The highest BCUT2D eigenvalue weighted by Crippen LogP contribution is 2.36. The van der Waals surface area contributed by atoms with Crippen LogP contribution in [0.25, 0.3) is 0 Å². The average Bonchev–Trinajstić information content (AvgIpc) is 2.60. The summed E-state index contributed by atoms with van der Waals surface area (Å²) in [5, 5.41) is 0. The second-order valence-electron chi connectivity index (χ2n) is 4.28. The van der Waals surface area contributed by atoms with Crippen LogP contribution in [0.1, 0.15) is 25.3 Å². The molecule has 0 radical (unpaired) electrons. The van der Waals surface area contributed by atoms with E-state index in [9.17, 15) is 0 Å². The molecule has 0 spiro atoms. The summed E-state index contributed by atoms with van der Waals surface area (Å²) in [6.45, 7) is 5.05. The van der Waals surface area contributed by atoms with Crippen molar-refractivity contribution >= 4 is 0 Å². The van der Waals surface area contributed by atoms with E-state index in [4.69, 9.17) is 10.5 Å². The lowest BCUT2D eigenvalue weighted by Crippen LogP contribution is -2.34. The molecule has 2 atom stereocenters. The van der Waals surface area contributed by atoms with E-state index >= 15 is 0 Å². The molecule has 0 bridgehead atoms. The van der Waals surface area contributed by atoms with Gasteiger partial charge in [-0.3, -0.25) is 0 Å². The molecule has 1 aliphatic rings. The fourth-order valence-corrected chi connectivity index (χ4v) is 1.97. The molecule has 0 aromatic heterocycles. The van der Waals surface area contributed by atoms with Crippen molar-refractivity contribution in [3.05, 3.63) is 29.8 Å². The Morgan fingerprint density at radius 1 is 1.36 bits per heavy atom. The number of fused-ring (bicyclic) bond motifs is 1. The van der Waals surface area contributed by atoms with Crippen LogP contribution in [-0.4, -0.2) is 12.6 Å². The molecule has 1 aromatic rings. The van der Waals surface area contributed by atoms with E-state index in [1.807, 2.05) is 18.2 Å². The molecule has 2 heteroatoms. The second-order valence-corrected chi connectivity index (χ2v) is 4.28. The zero-order valence-corrected chi connectivity index (χ0v) is 8.73. The number of ether oxygens (including phenoxy) is 1. The van der Waals surface area contributed by atoms with Crippen LogP contribution in [0.2, 0.25) is 0 Å². The quantitative estimate of drug-likeness (QED) is 0.777. The van der Waals surface area contributed by atoms with Gasteiger partial charge >= 0.3 is 0 Å². The van der Waals surface area contributed by atoms with Gasteiger partial charge in [0, 0.05) is 17.5 Å².